The van der Waals surface area contributed by atoms with Crippen molar-refractivity contribution in [3.63, 3.8) is 0 Å². The van der Waals surface area contributed by atoms with Gasteiger partial charge in [0.25, 0.3) is 0 Å². The normalized spacial score (nSPS) is 9.50. The zero-order valence-electron chi connectivity index (χ0n) is 7.96. The molecule has 0 amide bonds. The van der Waals surface area contributed by atoms with Crippen molar-refractivity contribution < 1.29 is 4.74 Å². The maximum absolute atomic E-state index is 8.59. The predicted molar refractivity (Wildman–Crippen MR) is 54.4 cm³/mol. The predicted octanol–water partition coefficient (Wildman–Crippen LogP) is 2.79. The molecule has 0 N–H and O–H groups in total. The van der Waals surface area contributed by atoms with Crippen LogP contribution in [0.3, 0.4) is 0 Å². The van der Waals surface area contributed by atoms with Crippen LogP contribution in [0.15, 0.2) is 12.3 Å². The number of nitriles is 1. The Kier molecular flexibility index (Phi) is 4.21. The fraction of sp³-hybridized carbons (Fsp3) is 0.400. The molecule has 3 nitrogen and oxygen atoms in total. The Balaban J connectivity index is 2.63. The first-order chi connectivity index (χ1) is 6.77. The minimum absolute atomic E-state index is 0.231. The quantitative estimate of drug-likeness (QED) is 0.718. The summed E-state index contributed by atoms with van der Waals surface area (Å²) in [5, 5.41) is 8.92. The molecule has 0 aliphatic rings. The number of pyridine rings is 1. The van der Waals surface area contributed by atoms with Gasteiger partial charge in [0, 0.05) is 6.07 Å². The van der Waals surface area contributed by atoms with E-state index in [1.54, 1.807) is 6.07 Å². The van der Waals surface area contributed by atoms with Gasteiger partial charge in [-0.05, 0) is 6.42 Å². The number of halogens is 1. The second-order valence-electron chi connectivity index (χ2n) is 2.82. The molecule has 0 unspecified atom stereocenters. The summed E-state index contributed by atoms with van der Waals surface area (Å²) in [5.41, 5.74) is 0.231. The zero-order valence-corrected chi connectivity index (χ0v) is 8.71. The second kappa shape index (κ2) is 5.46. The Morgan fingerprint density at radius 2 is 2.43 bits per heavy atom. The highest BCUT2D eigenvalue weighted by atomic mass is 35.5. The van der Waals surface area contributed by atoms with Crippen molar-refractivity contribution >= 4 is 11.6 Å². The Bertz CT molecular complexity index is 346. The van der Waals surface area contributed by atoms with E-state index < -0.39 is 0 Å². The molecule has 0 radical (unpaired) electrons. The van der Waals surface area contributed by atoms with Crippen LogP contribution >= 0.6 is 11.6 Å². The summed E-state index contributed by atoms with van der Waals surface area (Å²) in [4.78, 5) is 3.86. The maximum Gasteiger partial charge on any atom is 0.159 e. The van der Waals surface area contributed by atoms with E-state index in [4.69, 9.17) is 21.6 Å². The van der Waals surface area contributed by atoms with Crippen molar-refractivity contribution in [2.75, 3.05) is 6.61 Å². The van der Waals surface area contributed by atoms with Crippen molar-refractivity contribution in [3.05, 3.63) is 23.0 Å². The molecule has 0 fully saturated rings. The Morgan fingerprint density at radius 1 is 1.64 bits per heavy atom. The van der Waals surface area contributed by atoms with Gasteiger partial charge < -0.3 is 4.74 Å². The van der Waals surface area contributed by atoms with Crippen LogP contribution in [-0.4, -0.2) is 11.6 Å². The first kappa shape index (κ1) is 10.8. The summed E-state index contributed by atoms with van der Waals surface area (Å²) >= 11 is 5.78. The lowest BCUT2D eigenvalue weighted by atomic mass is 10.3. The topological polar surface area (TPSA) is 45.9 Å². The highest BCUT2D eigenvalue weighted by molar-refractivity contribution is 6.31. The molecule has 14 heavy (non-hydrogen) atoms. The zero-order chi connectivity index (χ0) is 10.4. The highest BCUT2D eigenvalue weighted by Gasteiger charge is 2.02. The van der Waals surface area contributed by atoms with Crippen molar-refractivity contribution in [2.24, 2.45) is 0 Å². The molecule has 0 saturated carbocycles. The van der Waals surface area contributed by atoms with E-state index in [0.717, 1.165) is 12.8 Å². The lowest BCUT2D eigenvalue weighted by molar-refractivity contribution is 0.308. The molecular weight excluding hydrogens is 200 g/mol. The third kappa shape index (κ3) is 2.90. The van der Waals surface area contributed by atoms with Gasteiger partial charge in [-0.3, -0.25) is 0 Å². The summed E-state index contributed by atoms with van der Waals surface area (Å²) in [6.07, 6.45) is 3.59. The van der Waals surface area contributed by atoms with Gasteiger partial charge in [-0.15, -0.1) is 0 Å². The van der Waals surface area contributed by atoms with Gasteiger partial charge in [0.15, 0.2) is 5.69 Å². The van der Waals surface area contributed by atoms with Crippen LogP contribution in [0.1, 0.15) is 25.5 Å². The third-order valence-corrected chi connectivity index (χ3v) is 1.98. The van der Waals surface area contributed by atoms with E-state index in [-0.39, 0.29) is 5.69 Å². The summed E-state index contributed by atoms with van der Waals surface area (Å²) in [5.74, 6) is 0.613. The van der Waals surface area contributed by atoms with Gasteiger partial charge in [-0.2, -0.15) is 5.26 Å². The second-order valence-corrected chi connectivity index (χ2v) is 3.22. The number of hydrogen-bond acceptors (Lipinski definition) is 3. The molecule has 0 aromatic carbocycles. The summed E-state index contributed by atoms with van der Waals surface area (Å²) < 4.78 is 5.37. The molecule has 1 aromatic rings. The van der Waals surface area contributed by atoms with E-state index >= 15 is 0 Å². The molecule has 0 spiro atoms. The van der Waals surface area contributed by atoms with Crippen molar-refractivity contribution in [3.8, 4) is 11.8 Å². The number of nitrogens with zero attached hydrogens (tertiary/aromatic N) is 2. The van der Waals surface area contributed by atoms with Gasteiger partial charge >= 0.3 is 0 Å². The van der Waals surface area contributed by atoms with Crippen LogP contribution in [0.4, 0.5) is 0 Å². The number of hydrogen-bond donors (Lipinski definition) is 0. The maximum atomic E-state index is 8.59. The van der Waals surface area contributed by atoms with Crippen molar-refractivity contribution in [1.29, 1.82) is 5.26 Å². The smallest absolute Gasteiger partial charge is 0.159 e. The first-order valence-corrected chi connectivity index (χ1v) is 4.84. The molecule has 4 heteroatoms. The number of unbranched alkanes of at least 4 members (excludes halogenated alkanes) is 1. The van der Waals surface area contributed by atoms with Gasteiger partial charge in [0.05, 0.1) is 17.8 Å². The van der Waals surface area contributed by atoms with Crippen LogP contribution < -0.4 is 4.74 Å². The fourth-order valence-corrected chi connectivity index (χ4v) is 1.11. The molecule has 0 saturated heterocycles. The lowest BCUT2D eigenvalue weighted by Gasteiger charge is -2.04. The van der Waals surface area contributed by atoms with Crippen LogP contribution in [-0.2, 0) is 0 Å². The average Bonchev–Trinajstić information content (AvgIpc) is 2.18. The Labute approximate surface area is 88.3 Å². The molecule has 74 valence electrons. The van der Waals surface area contributed by atoms with Gasteiger partial charge in [-0.25, -0.2) is 4.98 Å². The van der Waals surface area contributed by atoms with Crippen LogP contribution in [0.5, 0.6) is 5.75 Å². The van der Waals surface area contributed by atoms with Gasteiger partial charge in [0.1, 0.15) is 11.8 Å². The molecule has 1 rings (SSSR count). The average molecular weight is 211 g/mol. The minimum atomic E-state index is 0.231. The fourth-order valence-electron chi connectivity index (χ4n) is 0.916. The number of ether oxygens (including phenoxy) is 1. The SMILES string of the molecule is CCCCOc1cnc(C#N)c(Cl)c1. The van der Waals surface area contributed by atoms with Gasteiger partial charge in [0.2, 0.25) is 0 Å². The van der Waals surface area contributed by atoms with E-state index in [9.17, 15) is 0 Å². The lowest BCUT2D eigenvalue weighted by Crippen LogP contribution is -1.97. The van der Waals surface area contributed by atoms with Crippen LogP contribution in [0.2, 0.25) is 5.02 Å². The van der Waals surface area contributed by atoms with Crippen molar-refractivity contribution in [2.45, 2.75) is 19.8 Å². The third-order valence-electron chi connectivity index (χ3n) is 1.69. The molecule has 1 aromatic heterocycles. The van der Waals surface area contributed by atoms with Crippen LogP contribution in [0, 0.1) is 11.3 Å². The number of aromatic nitrogens is 1. The molecular formula is C10H11ClN2O. The minimum Gasteiger partial charge on any atom is -0.492 e. The van der Waals surface area contributed by atoms with E-state index in [1.165, 1.54) is 6.20 Å². The first-order valence-electron chi connectivity index (χ1n) is 4.46. The van der Waals surface area contributed by atoms with Crippen molar-refractivity contribution in [1.82, 2.24) is 4.98 Å². The summed E-state index contributed by atoms with van der Waals surface area (Å²) in [6.45, 7) is 2.74. The van der Waals surface area contributed by atoms with E-state index in [0.29, 0.717) is 17.4 Å². The van der Waals surface area contributed by atoms with Gasteiger partial charge in [-0.1, -0.05) is 24.9 Å². The van der Waals surface area contributed by atoms with E-state index in [2.05, 4.69) is 11.9 Å². The summed E-state index contributed by atoms with van der Waals surface area (Å²) in [7, 11) is 0. The molecule has 0 bridgehead atoms. The highest BCUT2D eigenvalue weighted by Crippen LogP contribution is 2.19. The largest absolute Gasteiger partial charge is 0.492 e. The molecule has 0 aliphatic carbocycles. The monoisotopic (exact) mass is 210 g/mol. The Morgan fingerprint density at radius 3 is 3.00 bits per heavy atom. The van der Waals surface area contributed by atoms with Crippen LogP contribution in [0.25, 0.3) is 0 Å². The molecule has 0 atom stereocenters. The Hall–Kier alpha value is -1.27. The standard InChI is InChI=1S/C10H11ClN2O/c1-2-3-4-14-8-5-9(11)10(6-12)13-7-8/h5,7H,2-4H2,1H3. The number of rotatable bonds is 4. The molecule has 1 heterocycles. The molecule has 0 aliphatic heterocycles. The summed E-state index contributed by atoms with van der Waals surface area (Å²) in [6, 6.07) is 3.50. The van der Waals surface area contributed by atoms with E-state index in [1.807, 2.05) is 6.07 Å².